The van der Waals surface area contributed by atoms with Gasteiger partial charge in [0, 0.05) is 10.6 Å². The van der Waals surface area contributed by atoms with E-state index in [9.17, 15) is 8.78 Å². The van der Waals surface area contributed by atoms with Crippen LogP contribution < -0.4 is 5.73 Å². The number of hydrogen-bond donors (Lipinski definition) is 1. The Balaban J connectivity index is 3.21. The third-order valence-electron chi connectivity index (χ3n) is 1.49. The Labute approximate surface area is 73.4 Å². The van der Waals surface area contributed by atoms with Crippen molar-refractivity contribution in [2.75, 3.05) is 5.73 Å². The Morgan fingerprint density at radius 3 is 2.58 bits per heavy atom. The van der Waals surface area contributed by atoms with Crippen molar-refractivity contribution in [1.82, 2.24) is 4.98 Å². The number of nitrogen functional groups attached to an aromatic ring is 1. The maximum atomic E-state index is 12.1. The number of nitrogens with zero attached hydrogens (tertiary/aromatic N) is 1. The molecule has 1 heterocycles. The van der Waals surface area contributed by atoms with Crippen molar-refractivity contribution in [3.63, 3.8) is 0 Å². The average molecular weight is 193 g/mol. The molecule has 5 heteroatoms. The Kier molecular flexibility index (Phi) is 2.47. The van der Waals surface area contributed by atoms with Gasteiger partial charge in [0.1, 0.15) is 11.5 Å². The smallest absolute Gasteiger partial charge is 0.280 e. The number of nitrogens with two attached hydrogens (primary N) is 1. The summed E-state index contributed by atoms with van der Waals surface area (Å²) in [6.45, 7) is 1.62. The highest BCUT2D eigenvalue weighted by Gasteiger charge is 2.12. The summed E-state index contributed by atoms with van der Waals surface area (Å²) in [7, 11) is 0. The van der Waals surface area contributed by atoms with E-state index in [-0.39, 0.29) is 16.5 Å². The second-order valence-corrected chi connectivity index (χ2v) is 2.75. The highest BCUT2D eigenvalue weighted by atomic mass is 35.5. The molecule has 1 rings (SSSR count). The molecule has 0 fully saturated rings. The first-order valence-electron chi connectivity index (χ1n) is 3.23. The number of halogens is 3. The van der Waals surface area contributed by atoms with Crippen LogP contribution in [-0.2, 0) is 0 Å². The van der Waals surface area contributed by atoms with Crippen molar-refractivity contribution in [2.45, 2.75) is 13.3 Å². The fourth-order valence-electron chi connectivity index (χ4n) is 0.727. The molecule has 0 saturated heterocycles. The zero-order chi connectivity index (χ0) is 9.30. The lowest BCUT2D eigenvalue weighted by molar-refractivity contribution is 0.146. The van der Waals surface area contributed by atoms with Crippen LogP contribution in [0.4, 0.5) is 14.6 Å². The van der Waals surface area contributed by atoms with Crippen molar-refractivity contribution in [2.24, 2.45) is 0 Å². The summed E-state index contributed by atoms with van der Waals surface area (Å²) in [6.07, 6.45) is -2.63. The lowest BCUT2D eigenvalue weighted by Gasteiger charge is -2.04. The van der Waals surface area contributed by atoms with Gasteiger partial charge >= 0.3 is 0 Å². The van der Waals surface area contributed by atoms with Crippen molar-refractivity contribution in [1.29, 1.82) is 0 Å². The van der Waals surface area contributed by atoms with Gasteiger partial charge in [-0.2, -0.15) is 0 Å². The van der Waals surface area contributed by atoms with Gasteiger partial charge in [-0.05, 0) is 13.0 Å². The van der Waals surface area contributed by atoms with Crippen LogP contribution in [0.5, 0.6) is 0 Å². The number of rotatable bonds is 1. The highest BCUT2D eigenvalue weighted by molar-refractivity contribution is 6.31. The summed E-state index contributed by atoms with van der Waals surface area (Å²) in [6, 6.07) is 1.12. The van der Waals surface area contributed by atoms with Gasteiger partial charge in [0.05, 0.1) is 0 Å². The Bertz CT molecular complexity index is 278. The predicted octanol–water partition coefficient (Wildman–Crippen LogP) is 2.56. The molecule has 0 unspecified atom stereocenters. The fourth-order valence-corrected chi connectivity index (χ4v) is 0.936. The summed E-state index contributed by atoms with van der Waals surface area (Å²) in [5.74, 6) is 0.0535. The van der Waals surface area contributed by atoms with E-state index in [0.717, 1.165) is 6.07 Å². The van der Waals surface area contributed by atoms with E-state index in [1.165, 1.54) is 0 Å². The van der Waals surface area contributed by atoms with Gasteiger partial charge < -0.3 is 5.73 Å². The van der Waals surface area contributed by atoms with Crippen LogP contribution in [0.3, 0.4) is 0 Å². The molecule has 0 bridgehead atoms. The van der Waals surface area contributed by atoms with Crippen LogP contribution >= 0.6 is 11.6 Å². The lowest BCUT2D eigenvalue weighted by atomic mass is 10.2. The standard InChI is InChI=1S/C7H7ClF2N2/c1-3-4(8)2-5(6(9)10)12-7(3)11/h2,6H,1H3,(H2,11,12). The molecule has 66 valence electrons. The molecule has 0 spiro atoms. The number of anilines is 1. The molecule has 2 N–H and O–H groups in total. The van der Waals surface area contributed by atoms with Crippen molar-refractivity contribution < 1.29 is 8.78 Å². The maximum Gasteiger partial charge on any atom is 0.280 e. The SMILES string of the molecule is Cc1c(Cl)cc(C(F)F)nc1N. The molecule has 0 aliphatic carbocycles. The third kappa shape index (κ3) is 1.64. The largest absolute Gasteiger partial charge is 0.383 e. The first-order chi connectivity index (χ1) is 5.52. The average Bonchev–Trinajstić information content (AvgIpc) is 1.99. The monoisotopic (exact) mass is 192 g/mol. The molecule has 12 heavy (non-hydrogen) atoms. The van der Waals surface area contributed by atoms with Crippen molar-refractivity contribution in [3.8, 4) is 0 Å². The van der Waals surface area contributed by atoms with Gasteiger partial charge in [0.25, 0.3) is 6.43 Å². The molecule has 0 saturated carbocycles. The van der Waals surface area contributed by atoms with Gasteiger partial charge in [-0.25, -0.2) is 13.8 Å². The van der Waals surface area contributed by atoms with E-state index >= 15 is 0 Å². The van der Waals surface area contributed by atoms with Crippen LogP contribution in [0.25, 0.3) is 0 Å². The summed E-state index contributed by atoms with van der Waals surface area (Å²) in [5, 5.41) is 0.220. The second kappa shape index (κ2) is 3.23. The van der Waals surface area contributed by atoms with E-state index in [4.69, 9.17) is 17.3 Å². The molecule has 0 atom stereocenters. The van der Waals surface area contributed by atoms with Gasteiger partial charge in [-0.3, -0.25) is 0 Å². The van der Waals surface area contributed by atoms with Gasteiger partial charge in [-0.15, -0.1) is 0 Å². The van der Waals surface area contributed by atoms with E-state index < -0.39 is 6.43 Å². The van der Waals surface area contributed by atoms with Gasteiger partial charge in [-0.1, -0.05) is 11.6 Å². The molecular weight excluding hydrogens is 186 g/mol. The lowest BCUT2D eigenvalue weighted by Crippen LogP contribution is -1.99. The second-order valence-electron chi connectivity index (χ2n) is 2.34. The van der Waals surface area contributed by atoms with E-state index in [1.807, 2.05) is 0 Å². The highest BCUT2D eigenvalue weighted by Crippen LogP contribution is 2.25. The molecule has 1 aromatic rings. The molecule has 0 aliphatic heterocycles. The summed E-state index contributed by atoms with van der Waals surface area (Å²) in [4.78, 5) is 3.48. The van der Waals surface area contributed by atoms with Crippen LogP contribution in [0.15, 0.2) is 6.07 Å². The molecule has 0 radical (unpaired) electrons. The molecule has 0 amide bonds. The molecule has 0 aromatic carbocycles. The van der Waals surface area contributed by atoms with Gasteiger partial charge in [0.15, 0.2) is 0 Å². The topological polar surface area (TPSA) is 38.9 Å². The maximum absolute atomic E-state index is 12.1. The molecule has 2 nitrogen and oxygen atoms in total. The molecule has 1 aromatic heterocycles. The van der Waals surface area contributed by atoms with Crippen LogP contribution in [0.1, 0.15) is 17.7 Å². The Hall–Kier alpha value is -0.900. The van der Waals surface area contributed by atoms with Crippen molar-refractivity contribution >= 4 is 17.4 Å². The Morgan fingerprint density at radius 2 is 2.17 bits per heavy atom. The molecular formula is C7H7ClF2N2. The zero-order valence-corrected chi connectivity index (χ0v) is 7.07. The van der Waals surface area contributed by atoms with E-state index in [2.05, 4.69) is 4.98 Å². The number of aromatic nitrogens is 1. The van der Waals surface area contributed by atoms with Crippen molar-refractivity contribution in [3.05, 3.63) is 22.3 Å². The summed E-state index contributed by atoms with van der Waals surface area (Å²) < 4.78 is 24.2. The summed E-state index contributed by atoms with van der Waals surface area (Å²) in [5.41, 5.74) is 5.47. The zero-order valence-electron chi connectivity index (χ0n) is 6.31. The first kappa shape index (κ1) is 9.19. The van der Waals surface area contributed by atoms with E-state index in [0.29, 0.717) is 5.56 Å². The third-order valence-corrected chi connectivity index (χ3v) is 1.88. The quantitative estimate of drug-likeness (QED) is 0.743. The predicted molar refractivity (Wildman–Crippen MR) is 43.4 cm³/mol. The minimum Gasteiger partial charge on any atom is -0.383 e. The fraction of sp³-hybridized carbons (Fsp3) is 0.286. The normalized spacial score (nSPS) is 10.8. The van der Waals surface area contributed by atoms with Crippen LogP contribution in [0.2, 0.25) is 5.02 Å². The Morgan fingerprint density at radius 1 is 1.58 bits per heavy atom. The molecule has 0 aliphatic rings. The van der Waals surface area contributed by atoms with Gasteiger partial charge in [0.2, 0.25) is 0 Å². The number of hydrogen-bond acceptors (Lipinski definition) is 2. The minimum atomic E-state index is -2.63. The van der Waals surface area contributed by atoms with E-state index in [1.54, 1.807) is 6.92 Å². The summed E-state index contributed by atoms with van der Waals surface area (Å²) >= 11 is 5.61. The number of alkyl halides is 2. The van der Waals surface area contributed by atoms with Crippen LogP contribution in [0, 0.1) is 6.92 Å². The number of pyridine rings is 1. The van der Waals surface area contributed by atoms with Crippen LogP contribution in [-0.4, -0.2) is 4.98 Å². The minimum absolute atomic E-state index is 0.0535. The first-order valence-corrected chi connectivity index (χ1v) is 3.61.